The Balaban J connectivity index is 1.28. The lowest BCUT2D eigenvalue weighted by Gasteiger charge is -2.47. The first kappa shape index (κ1) is 14.6. The van der Waals surface area contributed by atoms with E-state index in [4.69, 9.17) is 9.15 Å². The average molecular weight is 330 g/mol. The van der Waals surface area contributed by atoms with Crippen LogP contribution in [0.25, 0.3) is 0 Å². The highest BCUT2D eigenvalue weighted by Gasteiger charge is 2.51. The number of pyridine rings is 1. The predicted molar refractivity (Wildman–Crippen MR) is 87.5 cm³/mol. The number of rotatable bonds is 4. The summed E-state index contributed by atoms with van der Waals surface area (Å²) < 4.78 is 11.4. The maximum absolute atomic E-state index is 12.2. The van der Waals surface area contributed by atoms with E-state index in [9.17, 15) is 4.79 Å². The van der Waals surface area contributed by atoms with E-state index < -0.39 is 0 Å². The minimum Gasteiger partial charge on any atom is -0.488 e. The Morgan fingerprint density at radius 1 is 1.43 bits per heavy atom. The van der Waals surface area contributed by atoms with E-state index in [0.717, 1.165) is 36.8 Å². The zero-order valence-electron chi connectivity index (χ0n) is 12.7. The van der Waals surface area contributed by atoms with Gasteiger partial charge in [-0.05, 0) is 24.3 Å². The molecule has 4 heterocycles. The SMILES string of the molecule is O=C(Cc1ccco1)N1CC2(C[C@H](Oc3cccnc3)CS2)C1. The van der Waals surface area contributed by atoms with Crippen LogP contribution in [0.2, 0.25) is 0 Å². The first-order valence-corrected chi connectivity index (χ1v) is 8.72. The van der Waals surface area contributed by atoms with Crippen LogP contribution in [0.5, 0.6) is 5.75 Å². The molecule has 1 amide bonds. The number of carbonyl (C=O) groups excluding carboxylic acids is 1. The van der Waals surface area contributed by atoms with Gasteiger partial charge in [0, 0.05) is 31.5 Å². The smallest absolute Gasteiger partial charge is 0.230 e. The van der Waals surface area contributed by atoms with Crippen LogP contribution in [-0.2, 0) is 11.2 Å². The largest absolute Gasteiger partial charge is 0.488 e. The molecule has 1 atom stereocenters. The highest BCUT2D eigenvalue weighted by Crippen LogP contribution is 2.46. The van der Waals surface area contributed by atoms with Crippen molar-refractivity contribution in [3.63, 3.8) is 0 Å². The van der Waals surface area contributed by atoms with Gasteiger partial charge in [-0.1, -0.05) is 0 Å². The average Bonchev–Trinajstić information content (AvgIpc) is 3.16. The van der Waals surface area contributed by atoms with Gasteiger partial charge in [0.05, 0.1) is 23.6 Å². The van der Waals surface area contributed by atoms with E-state index in [0.29, 0.717) is 6.42 Å². The molecule has 0 bridgehead atoms. The molecule has 0 unspecified atom stereocenters. The van der Waals surface area contributed by atoms with Crippen molar-refractivity contribution in [2.75, 3.05) is 18.8 Å². The van der Waals surface area contributed by atoms with Gasteiger partial charge in [-0.3, -0.25) is 9.78 Å². The maximum atomic E-state index is 12.2. The zero-order chi connectivity index (χ0) is 15.7. The van der Waals surface area contributed by atoms with Gasteiger partial charge in [0.2, 0.25) is 5.91 Å². The van der Waals surface area contributed by atoms with Gasteiger partial charge in [-0.2, -0.15) is 0 Å². The molecule has 2 aliphatic rings. The summed E-state index contributed by atoms with van der Waals surface area (Å²) in [5.74, 6) is 2.66. The van der Waals surface area contributed by atoms with Crippen LogP contribution >= 0.6 is 11.8 Å². The third-order valence-electron chi connectivity index (χ3n) is 4.33. The molecule has 2 aromatic rings. The summed E-state index contributed by atoms with van der Waals surface area (Å²) in [6, 6.07) is 7.47. The van der Waals surface area contributed by atoms with Crippen LogP contribution in [0, 0.1) is 0 Å². The van der Waals surface area contributed by atoms with Gasteiger partial charge >= 0.3 is 0 Å². The number of carbonyl (C=O) groups is 1. The molecule has 23 heavy (non-hydrogen) atoms. The fourth-order valence-electron chi connectivity index (χ4n) is 3.21. The molecule has 0 aromatic carbocycles. The highest BCUT2D eigenvalue weighted by molar-refractivity contribution is 8.01. The third kappa shape index (κ3) is 3.08. The number of aromatic nitrogens is 1. The molecule has 120 valence electrons. The lowest BCUT2D eigenvalue weighted by atomic mass is 9.92. The zero-order valence-corrected chi connectivity index (χ0v) is 13.5. The monoisotopic (exact) mass is 330 g/mol. The molecule has 2 aliphatic heterocycles. The number of hydrogen-bond donors (Lipinski definition) is 0. The summed E-state index contributed by atoms with van der Waals surface area (Å²) in [7, 11) is 0. The molecule has 2 saturated heterocycles. The van der Waals surface area contributed by atoms with Crippen LogP contribution in [0.15, 0.2) is 47.3 Å². The van der Waals surface area contributed by atoms with E-state index in [-0.39, 0.29) is 16.8 Å². The second-order valence-electron chi connectivity index (χ2n) is 6.13. The highest BCUT2D eigenvalue weighted by atomic mass is 32.2. The van der Waals surface area contributed by atoms with E-state index in [1.807, 2.05) is 40.9 Å². The van der Waals surface area contributed by atoms with Crippen LogP contribution in [0.4, 0.5) is 0 Å². The van der Waals surface area contributed by atoms with Crippen molar-refractivity contribution in [1.82, 2.24) is 9.88 Å². The lowest BCUT2D eigenvalue weighted by Crippen LogP contribution is -2.61. The quantitative estimate of drug-likeness (QED) is 0.861. The number of hydrogen-bond acceptors (Lipinski definition) is 5. The van der Waals surface area contributed by atoms with Gasteiger partial charge in [0.15, 0.2) is 0 Å². The van der Waals surface area contributed by atoms with Crippen LogP contribution in [-0.4, -0.2) is 45.5 Å². The Bertz CT molecular complexity index is 668. The number of ether oxygens (including phenoxy) is 1. The number of thioether (sulfide) groups is 1. The summed E-state index contributed by atoms with van der Waals surface area (Å²) in [6.45, 7) is 1.62. The fourth-order valence-corrected chi connectivity index (χ4v) is 4.73. The van der Waals surface area contributed by atoms with Crippen LogP contribution in [0.3, 0.4) is 0 Å². The lowest BCUT2D eigenvalue weighted by molar-refractivity contribution is -0.136. The molecule has 2 aromatic heterocycles. The minimum absolute atomic E-state index is 0.141. The molecule has 2 fully saturated rings. The summed E-state index contributed by atoms with van der Waals surface area (Å²) in [4.78, 5) is 18.2. The van der Waals surface area contributed by atoms with Crippen molar-refractivity contribution in [2.45, 2.75) is 23.7 Å². The fraction of sp³-hybridized carbons (Fsp3) is 0.412. The molecule has 0 saturated carbocycles. The molecule has 6 heteroatoms. The van der Waals surface area contributed by atoms with E-state index >= 15 is 0 Å². The second kappa shape index (κ2) is 5.92. The van der Waals surface area contributed by atoms with Crippen molar-refractivity contribution in [2.24, 2.45) is 0 Å². The van der Waals surface area contributed by atoms with Crippen molar-refractivity contribution in [3.8, 4) is 5.75 Å². The first-order chi connectivity index (χ1) is 11.2. The second-order valence-corrected chi connectivity index (χ2v) is 7.62. The summed E-state index contributed by atoms with van der Waals surface area (Å²) in [5.41, 5.74) is 0. The Morgan fingerprint density at radius 2 is 2.35 bits per heavy atom. The summed E-state index contributed by atoms with van der Waals surface area (Å²) in [5, 5.41) is 0. The van der Waals surface area contributed by atoms with E-state index in [2.05, 4.69) is 4.98 Å². The molecule has 0 N–H and O–H groups in total. The summed E-state index contributed by atoms with van der Waals surface area (Å²) >= 11 is 1.93. The van der Waals surface area contributed by atoms with E-state index in [1.54, 1.807) is 18.7 Å². The minimum atomic E-state index is 0.141. The molecule has 0 aliphatic carbocycles. The maximum Gasteiger partial charge on any atom is 0.230 e. The molecular weight excluding hydrogens is 312 g/mol. The van der Waals surface area contributed by atoms with Gasteiger partial charge < -0.3 is 14.1 Å². The number of amides is 1. The van der Waals surface area contributed by atoms with Crippen LogP contribution < -0.4 is 4.74 Å². The molecule has 5 nitrogen and oxygen atoms in total. The van der Waals surface area contributed by atoms with Gasteiger partial charge in [-0.25, -0.2) is 0 Å². The van der Waals surface area contributed by atoms with Gasteiger partial charge in [0.25, 0.3) is 0 Å². The Kier molecular flexibility index (Phi) is 3.77. The molecular formula is C17H18N2O3S. The number of nitrogens with zero attached hydrogens (tertiary/aromatic N) is 2. The molecule has 4 rings (SSSR count). The molecule has 1 spiro atoms. The van der Waals surface area contributed by atoms with Crippen LogP contribution in [0.1, 0.15) is 12.2 Å². The number of likely N-dealkylation sites (tertiary alicyclic amines) is 1. The Morgan fingerprint density at radius 3 is 3.09 bits per heavy atom. The summed E-state index contributed by atoms with van der Waals surface area (Å²) in [6.07, 6.45) is 6.63. The predicted octanol–water partition coefficient (Wildman–Crippen LogP) is 2.38. The normalized spacial score (nSPS) is 22.1. The topological polar surface area (TPSA) is 55.6 Å². The van der Waals surface area contributed by atoms with Crippen molar-refractivity contribution >= 4 is 17.7 Å². The Labute approximate surface area is 139 Å². The molecule has 0 radical (unpaired) electrons. The van der Waals surface area contributed by atoms with Crippen molar-refractivity contribution in [1.29, 1.82) is 0 Å². The Hall–Kier alpha value is -1.95. The van der Waals surface area contributed by atoms with Crippen molar-refractivity contribution in [3.05, 3.63) is 48.7 Å². The first-order valence-electron chi connectivity index (χ1n) is 7.73. The van der Waals surface area contributed by atoms with Gasteiger partial charge in [0.1, 0.15) is 17.6 Å². The van der Waals surface area contributed by atoms with Gasteiger partial charge in [-0.15, -0.1) is 11.8 Å². The third-order valence-corrected chi connectivity index (χ3v) is 5.90. The van der Waals surface area contributed by atoms with E-state index in [1.165, 1.54) is 0 Å². The number of furan rings is 1. The van der Waals surface area contributed by atoms with Crippen molar-refractivity contribution < 1.29 is 13.9 Å². The standard InChI is InChI=1S/C17H18N2O3S/c20-16(7-13-4-2-6-21-13)19-11-17(12-19)8-15(10-23-17)22-14-3-1-5-18-9-14/h1-6,9,15H,7-8,10-12H2/t15-/m0/s1.